The highest BCUT2D eigenvalue weighted by atomic mass is 32.2. The lowest BCUT2D eigenvalue weighted by Gasteiger charge is -2.05. The molecular weight excluding hydrogens is 366 g/mol. The summed E-state index contributed by atoms with van der Waals surface area (Å²) in [5.41, 5.74) is -0.194. The number of benzene rings is 1. The van der Waals surface area contributed by atoms with Gasteiger partial charge in [-0.3, -0.25) is 9.89 Å². The second-order valence-electron chi connectivity index (χ2n) is 4.81. The highest BCUT2D eigenvalue weighted by Crippen LogP contribution is 2.18. The van der Waals surface area contributed by atoms with Crippen molar-refractivity contribution in [1.82, 2.24) is 15.2 Å². The molecule has 3 aromatic rings. The number of nitrogens with zero attached hydrogens (tertiary/aromatic N) is 2. The third kappa shape index (κ3) is 4.97. The molecule has 0 unspecified atom stereocenters. The van der Waals surface area contributed by atoms with Crippen molar-refractivity contribution in [1.29, 1.82) is 0 Å². The minimum Gasteiger partial charge on any atom is -0.323 e. The van der Waals surface area contributed by atoms with Crippen LogP contribution >= 0.6 is 23.1 Å². The van der Waals surface area contributed by atoms with Gasteiger partial charge in [0.2, 0.25) is 11.1 Å². The second kappa shape index (κ2) is 8.04. The van der Waals surface area contributed by atoms with Gasteiger partial charge in [0.1, 0.15) is 17.5 Å². The molecule has 2 heterocycles. The number of halogens is 2. The Balaban J connectivity index is 1.53. The number of rotatable bonds is 6. The summed E-state index contributed by atoms with van der Waals surface area (Å²) in [7, 11) is 0. The van der Waals surface area contributed by atoms with Crippen molar-refractivity contribution in [3.05, 3.63) is 58.0 Å². The van der Waals surface area contributed by atoms with Crippen LogP contribution in [0.25, 0.3) is 12.2 Å². The number of hydrogen-bond acceptors (Lipinski definition) is 5. The first kappa shape index (κ1) is 17.3. The van der Waals surface area contributed by atoms with Crippen LogP contribution in [0.15, 0.2) is 40.9 Å². The normalized spacial score (nSPS) is 11.1. The second-order valence-corrected chi connectivity index (χ2v) is 6.73. The van der Waals surface area contributed by atoms with Gasteiger partial charge in [0, 0.05) is 10.9 Å². The number of amides is 1. The fourth-order valence-corrected chi connectivity index (χ4v) is 3.08. The predicted molar refractivity (Wildman–Crippen MR) is 95.3 cm³/mol. The fraction of sp³-hybridized carbons (Fsp3) is 0.0625. The summed E-state index contributed by atoms with van der Waals surface area (Å²) in [4.78, 5) is 17.1. The highest BCUT2D eigenvalue weighted by Gasteiger charge is 2.10. The minimum absolute atomic E-state index is 0.0259. The number of carbonyl (C=O) groups excluding carboxylic acids is 1. The molecule has 1 amide bonds. The Morgan fingerprint density at radius 3 is 3.00 bits per heavy atom. The lowest BCUT2D eigenvalue weighted by Crippen LogP contribution is -2.15. The van der Waals surface area contributed by atoms with Gasteiger partial charge in [-0.05, 0) is 35.7 Å². The monoisotopic (exact) mass is 378 g/mol. The van der Waals surface area contributed by atoms with Gasteiger partial charge in [-0.25, -0.2) is 13.8 Å². The molecule has 0 aliphatic rings. The Hall–Kier alpha value is -2.52. The van der Waals surface area contributed by atoms with Crippen molar-refractivity contribution in [3.8, 4) is 0 Å². The van der Waals surface area contributed by atoms with Crippen LogP contribution in [-0.4, -0.2) is 26.8 Å². The largest absolute Gasteiger partial charge is 0.323 e. The number of thiophene rings is 1. The maximum Gasteiger partial charge on any atom is 0.234 e. The summed E-state index contributed by atoms with van der Waals surface area (Å²) in [6.45, 7) is 0. The zero-order valence-electron chi connectivity index (χ0n) is 12.7. The van der Waals surface area contributed by atoms with Crippen molar-refractivity contribution in [2.75, 3.05) is 11.1 Å². The van der Waals surface area contributed by atoms with E-state index in [1.165, 1.54) is 0 Å². The zero-order chi connectivity index (χ0) is 17.6. The number of carbonyl (C=O) groups is 1. The molecule has 2 N–H and O–H groups in total. The Morgan fingerprint density at radius 1 is 1.32 bits per heavy atom. The molecule has 0 aliphatic carbocycles. The Bertz CT molecular complexity index is 893. The first-order valence-corrected chi connectivity index (χ1v) is 8.98. The number of anilines is 1. The Morgan fingerprint density at radius 2 is 2.20 bits per heavy atom. The molecule has 0 saturated heterocycles. The molecule has 2 aromatic heterocycles. The first-order chi connectivity index (χ1) is 12.1. The van der Waals surface area contributed by atoms with Crippen molar-refractivity contribution >= 4 is 46.8 Å². The van der Waals surface area contributed by atoms with Crippen molar-refractivity contribution in [2.24, 2.45) is 0 Å². The molecule has 0 fully saturated rings. The smallest absolute Gasteiger partial charge is 0.234 e. The van der Waals surface area contributed by atoms with E-state index in [9.17, 15) is 13.6 Å². The average molecular weight is 378 g/mol. The van der Waals surface area contributed by atoms with Gasteiger partial charge in [-0.15, -0.1) is 16.4 Å². The molecule has 128 valence electrons. The molecule has 1 aromatic carbocycles. The van der Waals surface area contributed by atoms with Gasteiger partial charge >= 0.3 is 0 Å². The van der Waals surface area contributed by atoms with E-state index in [-0.39, 0.29) is 11.4 Å². The molecule has 5 nitrogen and oxygen atoms in total. The third-order valence-corrected chi connectivity index (χ3v) is 4.65. The Kier molecular flexibility index (Phi) is 5.56. The van der Waals surface area contributed by atoms with E-state index in [1.54, 1.807) is 17.4 Å². The first-order valence-electron chi connectivity index (χ1n) is 7.12. The topological polar surface area (TPSA) is 70.7 Å². The number of aromatic amines is 1. The summed E-state index contributed by atoms with van der Waals surface area (Å²) in [6, 6.07) is 6.80. The molecule has 3 rings (SSSR count). The van der Waals surface area contributed by atoms with E-state index in [2.05, 4.69) is 20.5 Å². The van der Waals surface area contributed by atoms with Gasteiger partial charge in [0.15, 0.2) is 0 Å². The quantitative estimate of drug-likeness (QED) is 0.635. The van der Waals surface area contributed by atoms with Gasteiger partial charge in [0.05, 0.1) is 11.4 Å². The summed E-state index contributed by atoms with van der Waals surface area (Å²) in [5.74, 6) is -1.26. The van der Waals surface area contributed by atoms with Crippen LogP contribution in [0.2, 0.25) is 0 Å². The van der Waals surface area contributed by atoms with Crippen LogP contribution in [0.3, 0.4) is 0 Å². The molecule has 0 spiro atoms. The van der Waals surface area contributed by atoms with E-state index < -0.39 is 17.5 Å². The van der Waals surface area contributed by atoms with E-state index in [1.807, 2.05) is 23.6 Å². The SMILES string of the molecule is O=C(CSc1n[nH]c(/C=C/c2cccs2)n1)Nc1cc(F)ccc1F. The van der Waals surface area contributed by atoms with Crippen molar-refractivity contribution in [2.45, 2.75) is 5.16 Å². The van der Waals surface area contributed by atoms with Crippen LogP contribution in [0.4, 0.5) is 14.5 Å². The number of nitrogens with one attached hydrogen (secondary N) is 2. The highest BCUT2D eigenvalue weighted by molar-refractivity contribution is 7.99. The summed E-state index contributed by atoms with van der Waals surface area (Å²) in [5, 5.41) is 11.4. The van der Waals surface area contributed by atoms with Crippen molar-refractivity contribution < 1.29 is 13.6 Å². The standard InChI is InChI=1S/C16H12F2N4OS2/c17-10-3-5-12(18)13(8-10)19-15(23)9-25-16-20-14(21-22-16)6-4-11-2-1-7-24-11/h1-8H,9H2,(H,19,23)(H,20,21,22)/b6-4+. The molecule has 0 bridgehead atoms. The maximum absolute atomic E-state index is 13.5. The average Bonchev–Trinajstić information content (AvgIpc) is 3.26. The van der Waals surface area contributed by atoms with Crippen LogP contribution in [0.5, 0.6) is 0 Å². The fourth-order valence-electron chi connectivity index (χ4n) is 1.85. The number of hydrogen-bond donors (Lipinski definition) is 2. The number of thioether (sulfide) groups is 1. The predicted octanol–water partition coefficient (Wildman–Crippen LogP) is 4.05. The molecule has 9 heteroatoms. The van der Waals surface area contributed by atoms with Crippen LogP contribution in [-0.2, 0) is 4.79 Å². The molecule has 0 aliphatic heterocycles. The lowest BCUT2D eigenvalue weighted by molar-refractivity contribution is -0.113. The third-order valence-electron chi connectivity index (χ3n) is 2.97. The minimum atomic E-state index is -0.696. The van der Waals surface area contributed by atoms with Gasteiger partial charge in [0.25, 0.3) is 0 Å². The maximum atomic E-state index is 13.5. The summed E-state index contributed by atoms with van der Waals surface area (Å²) in [6.07, 6.45) is 3.68. The van der Waals surface area contributed by atoms with Crippen molar-refractivity contribution in [3.63, 3.8) is 0 Å². The number of aromatic nitrogens is 3. The van der Waals surface area contributed by atoms with E-state index >= 15 is 0 Å². The Labute approximate surface area is 150 Å². The van der Waals surface area contributed by atoms with E-state index in [0.717, 1.165) is 34.8 Å². The van der Waals surface area contributed by atoms with E-state index in [4.69, 9.17) is 0 Å². The zero-order valence-corrected chi connectivity index (χ0v) is 14.3. The molecule has 0 atom stereocenters. The van der Waals surface area contributed by atoms with Crippen LogP contribution in [0, 0.1) is 11.6 Å². The lowest BCUT2D eigenvalue weighted by atomic mass is 10.3. The summed E-state index contributed by atoms with van der Waals surface area (Å²) < 4.78 is 26.5. The molecule has 0 saturated carbocycles. The molecular formula is C16H12F2N4OS2. The van der Waals surface area contributed by atoms with Gasteiger partial charge in [-0.1, -0.05) is 17.8 Å². The van der Waals surface area contributed by atoms with Gasteiger partial charge < -0.3 is 5.32 Å². The molecule has 25 heavy (non-hydrogen) atoms. The van der Waals surface area contributed by atoms with Crippen LogP contribution in [0.1, 0.15) is 10.7 Å². The molecule has 0 radical (unpaired) electrons. The van der Waals surface area contributed by atoms with E-state index in [0.29, 0.717) is 11.0 Å². The van der Waals surface area contributed by atoms with Gasteiger partial charge in [-0.2, -0.15) is 0 Å². The summed E-state index contributed by atoms with van der Waals surface area (Å²) >= 11 is 2.69. The number of H-pyrrole nitrogens is 1. The van der Waals surface area contributed by atoms with Crippen LogP contribution < -0.4 is 5.32 Å².